The van der Waals surface area contributed by atoms with Crippen LogP contribution in [0, 0.1) is 5.82 Å². The van der Waals surface area contributed by atoms with Gasteiger partial charge in [0.1, 0.15) is 5.82 Å². The number of hydrogen-bond acceptors (Lipinski definition) is 2. The Morgan fingerprint density at radius 3 is 2.47 bits per heavy atom. The maximum absolute atomic E-state index is 12.7. The SMILES string of the molecule is CN=C(NCc1ccc(F)cc1)NCC(C)SC.I. The summed E-state index contributed by atoms with van der Waals surface area (Å²) in [5, 5.41) is 6.97. The molecule has 0 aliphatic heterocycles. The fourth-order valence-electron chi connectivity index (χ4n) is 1.33. The highest BCUT2D eigenvalue weighted by molar-refractivity contribution is 14.0. The first-order valence-electron chi connectivity index (χ1n) is 5.87. The van der Waals surface area contributed by atoms with Crippen LogP contribution in [0.4, 0.5) is 4.39 Å². The Bertz CT molecular complexity index is 384. The lowest BCUT2D eigenvalue weighted by molar-refractivity contribution is 0.626. The normalized spacial score (nSPS) is 12.5. The van der Waals surface area contributed by atoms with Gasteiger partial charge in [-0.05, 0) is 24.0 Å². The molecule has 1 aromatic rings. The predicted molar refractivity (Wildman–Crippen MR) is 93.0 cm³/mol. The molecule has 2 N–H and O–H groups in total. The van der Waals surface area contributed by atoms with Gasteiger partial charge < -0.3 is 10.6 Å². The first-order chi connectivity index (χ1) is 8.65. The van der Waals surface area contributed by atoms with Gasteiger partial charge in [0.15, 0.2) is 5.96 Å². The third kappa shape index (κ3) is 7.61. The van der Waals surface area contributed by atoms with Gasteiger partial charge in [0, 0.05) is 25.4 Å². The van der Waals surface area contributed by atoms with Gasteiger partial charge in [-0.1, -0.05) is 19.1 Å². The van der Waals surface area contributed by atoms with Crippen LogP contribution in [0.15, 0.2) is 29.3 Å². The number of nitrogens with one attached hydrogen (secondary N) is 2. The number of nitrogens with zero attached hydrogens (tertiary/aromatic N) is 1. The third-order valence-electron chi connectivity index (χ3n) is 2.56. The van der Waals surface area contributed by atoms with Crippen LogP contribution in [-0.4, -0.2) is 31.1 Å². The van der Waals surface area contributed by atoms with E-state index >= 15 is 0 Å². The molecule has 1 unspecified atom stereocenters. The molecule has 0 aliphatic rings. The van der Waals surface area contributed by atoms with Crippen molar-refractivity contribution in [2.24, 2.45) is 4.99 Å². The van der Waals surface area contributed by atoms with E-state index in [4.69, 9.17) is 0 Å². The highest BCUT2D eigenvalue weighted by Gasteiger charge is 2.02. The molecule has 1 aromatic carbocycles. The van der Waals surface area contributed by atoms with E-state index in [1.807, 2.05) is 0 Å². The van der Waals surface area contributed by atoms with Gasteiger partial charge in [-0.3, -0.25) is 4.99 Å². The van der Waals surface area contributed by atoms with E-state index in [0.717, 1.165) is 18.1 Å². The minimum Gasteiger partial charge on any atom is -0.355 e. The number of hydrogen-bond donors (Lipinski definition) is 2. The fourth-order valence-corrected chi connectivity index (χ4v) is 1.58. The Hall–Kier alpha value is -0.500. The largest absolute Gasteiger partial charge is 0.355 e. The van der Waals surface area contributed by atoms with Gasteiger partial charge in [0.25, 0.3) is 0 Å². The van der Waals surface area contributed by atoms with Crippen molar-refractivity contribution in [3.8, 4) is 0 Å². The summed E-state index contributed by atoms with van der Waals surface area (Å²) in [7, 11) is 1.74. The second-order valence-electron chi connectivity index (χ2n) is 3.98. The van der Waals surface area contributed by atoms with Crippen molar-refractivity contribution in [2.75, 3.05) is 19.8 Å². The lowest BCUT2D eigenvalue weighted by Crippen LogP contribution is -2.39. The summed E-state index contributed by atoms with van der Waals surface area (Å²) in [4.78, 5) is 4.14. The Balaban J connectivity index is 0.00000324. The Morgan fingerprint density at radius 2 is 1.95 bits per heavy atom. The maximum Gasteiger partial charge on any atom is 0.191 e. The number of thioether (sulfide) groups is 1. The lowest BCUT2D eigenvalue weighted by atomic mass is 10.2. The molecular weight excluding hydrogens is 376 g/mol. The zero-order valence-corrected chi connectivity index (χ0v) is 14.6. The van der Waals surface area contributed by atoms with Crippen LogP contribution in [0.2, 0.25) is 0 Å². The second-order valence-corrected chi connectivity index (χ2v) is 5.26. The monoisotopic (exact) mass is 397 g/mol. The van der Waals surface area contributed by atoms with Crippen molar-refractivity contribution in [3.63, 3.8) is 0 Å². The predicted octanol–water partition coefficient (Wildman–Crippen LogP) is 2.86. The van der Waals surface area contributed by atoms with Crippen LogP contribution >= 0.6 is 35.7 Å². The highest BCUT2D eigenvalue weighted by atomic mass is 127. The van der Waals surface area contributed by atoms with Crippen molar-refractivity contribution in [3.05, 3.63) is 35.6 Å². The van der Waals surface area contributed by atoms with Crippen molar-refractivity contribution < 1.29 is 4.39 Å². The van der Waals surface area contributed by atoms with Gasteiger partial charge in [-0.15, -0.1) is 24.0 Å². The standard InChI is InChI=1S/C13H20FN3S.HI/c1-10(18-3)8-16-13(15-2)17-9-11-4-6-12(14)7-5-11;/h4-7,10H,8-9H2,1-3H3,(H2,15,16,17);1H. The smallest absolute Gasteiger partial charge is 0.191 e. The van der Waals surface area contributed by atoms with Crippen molar-refractivity contribution in [1.29, 1.82) is 0 Å². The van der Waals surface area contributed by atoms with Crippen LogP contribution in [0.5, 0.6) is 0 Å². The molecule has 0 spiro atoms. The van der Waals surface area contributed by atoms with Gasteiger partial charge in [0.2, 0.25) is 0 Å². The minimum absolute atomic E-state index is 0. The molecule has 0 aromatic heterocycles. The summed E-state index contributed by atoms with van der Waals surface area (Å²) in [6.07, 6.45) is 2.08. The molecule has 0 saturated carbocycles. The Kier molecular flexibility index (Phi) is 10.0. The summed E-state index contributed by atoms with van der Waals surface area (Å²) >= 11 is 1.81. The number of rotatable bonds is 5. The molecule has 0 bridgehead atoms. The minimum atomic E-state index is -0.213. The van der Waals surface area contributed by atoms with Crippen LogP contribution in [0.25, 0.3) is 0 Å². The second kappa shape index (κ2) is 10.3. The Labute approximate surface area is 135 Å². The van der Waals surface area contributed by atoms with E-state index < -0.39 is 0 Å². The van der Waals surface area contributed by atoms with Crippen LogP contribution in [0.3, 0.4) is 0 Å². The number of aliphatic imine (C=N–C) groups is 1. The summed E-state index contributed by atoms with van der Waals surface area (Å²) in [5.74, 6) is 0.551. The third-order valence-corrected chi connectivity index (χ3v) is 3.53. The van der Waals surface area contributed by atoms with Crippen molar-refractivity contribution >= 4 is 41.7 Å². The average Bonchev–Trinajstić information content (AvgIpc) is 2.40. The lowest BCUT2D eigenvalue weighted by Gasteiger charge is -2.14. The van der Waals surface area contributed by atoms with Crippen LogP contribution < -0.4 is 10.6 Å². The number of halogens is 2. The summed E-state index contributed by atoms with van der Waals surface area (Å²) in [5.41, 5.74) is 1.03. The molecule has 0 fully saturated rings. The maximum atomic E-state index is 12.7. The molecule has 19 heavy (non-hydrogen) atoms. The summed E-state index contributed by atoms with van der Waals surface area (Å²) in [6, 6.07) is 6.45. The van der Waals surface area contributed by atoms with E-state index in [2.05, 4.69) is 28.8 Å². The molecule has 0 aliphatic carbocycles. The topological polar surface area (TPSA) is 36.4 Å². The van der Waals surface area contributed by atoms with E-state index in [-0.39, 0.29) is 29.8 Å². The van der Waals surface area contributed by atoms with E-state index in [1.165, 1.54) is 12.1 Å². The van der Waals surface area contributed by atoms with Gasteiger partial charge in [-0.25, -0.2) is 4.39 Å². The van der Waals surface area contributed by atoms with Crippen molar-refractivity contribution in [1.82, 2.24) is 10.6 Å². The zero-order chi connectivity index (χ0) is 13.4. The first kappa shape index (κ1) is 18.5. The van der Waals surface area contributed by atoms with Gasteiger partial charge in [0.05, 0.1) is 0 Å². The van der Waals surface area contributed by atoms with E-state index in [9.17, 15) is 4.39 Å². The Morgan fingerprint density at radius 1 is 1.32 bits per heavy atom. The quantitative estimate of drug-likeness (QED) is 0.456. The van der Waals surface area contributed by atoms with Crippen LogP contribution in [-0.2, 0) is 6.54 Å². The average molecular weight is 397 g/mol. The van der Waals surface area contributed by atoms with Crippen molar-refractivity contribution in [2.45, 2.75) is 18.7 Å². The van der Waals surface area contributed by atoms with Gasteiger partial charge >= 0.3 is 0 Å². The molecule has 108 valence electrons. The number of benzene rings is 1. The molecule has 1 atom stereocenters. The molecule has 0 amide bonds. The van der Waals surface area contributed by atoms with E-state index in [0.29, 0.717) is 11.8 Å². The number of guanidine groups is 1. The fraction of sp³-hybridized carbons (Fsp3) is 0.462. The summed E-state index contributed by atoms with van der Waals surface area (Å²) < 4.78 is 12.7. The zero-order valence-electron chi connectivity index (χ0n) is 11.4. The molecular formula is C13H21FIN3S. The molecule has 1 rings (SSSR count). The highest BCUT2D eigenvalue weighted by Crippen LogP contribution is 2.03. The molecule has 0 heterocycles. The summed E-state index contributed by atoms with van der Waals surface area (Å²) in [6.45, 7) is 3.66. The molecule has 6 heteroatoms. The molecule has 0 radical (unpaired) electrons. The molecule has 3 nitrogen and oxygen atoms in total. The van der Waals surface area contributed by atoms with E-state index in [1.54, 1.807) is 30.9 Å². The molecule has 0 saturated heterocycles. The van der Waals surface area contributed by atoms with Gasteiger partial charge in [-0.2, -0.15) is 11.8 Å². The van der Waals surface area contributed by atoms with Crippen LogP contribution in [0.1, 0.15) is 12.5 Å². The first-order valence-corrected chi connectivity index (χ1v) is 7.16.